The van der Waals surface area contributed by atoms with Gasteiger partial charge in [-0.25, -0.2) is 14.6 Å². The van der Waals surface area contributed by atoms with Crippen molar-refractivity contribution in [1.29, 1.82) is 0 Å². The smallest absolute Gasteiger partial charge is 0.330 e. The van der Waals surface area contributed by atoms with Crippen LogP contribution in [0.25, 0.3) is 0 Å². The van der Waals surface area contributed by atoms with Crippen LogP contribution in [0.4, 0.5) is 4.79 Å². The normalized spacial score (nSPS) is 17.5. The van der Waals surface area contributed by atoms with Crippen molar-refractivity contribution in [3.63, 3.8) is 0 Å². The van der Waals surface area contributed by atoms with Gasteiger partial charge >= 0.3 is 18.0 Å². The van der Waals surface area contributed by atoms with Gasteiger partial charge in [0, 0.05) is 19.5 Å². The number of nitrogens with one attached hydrogen (secondary N) is 2. The molecule has 4 N–H and O–H groups in total. The molecule has 0 saturated carbocycles. The molecular formula is C10H17N3O6. The fourth-order valence-electron chi connectivity index (χ4n) is 1.53. The molecule has 0 aromatic rings. The Morgan fingerprint density at radius 2 is 1.84 bits per heavy atom. The molecule has 9 heteroatoms. The summed E-state index contributed by atoms with van der Waals surface area (Å²) in [6.45, 7) is 2.00. The van der Waals surface area contributed by atoms with E-state index in [0.717, 1.165) is 0 Å². The third-order valence-electron chi connectivity index (χ3n) is 2.52. The molecule has 1 fully saturated rings. The predicted molar refractivity (Wildman–Crippen MR) is 62.4 cm³/mol. The van der Waals surface area contributed by atoms with Gasteiger partial charge in [0.1, 0.15) is 6.04 Å². The second kappa shape index (κ2) is 7.54. The minimum absolute atomic E-state index is 0.165. The predicted octanol–water partition coefficient (Wildman–Crippen LogP) is -1.15. The summed E-state index contributed by atoms with van der Waals surface area (Å²) in [4.78, 5) is 32.8. The number of nitrogens with zero attached hydrogens (tertiary/aromatic N) is 1. The molecule has 19 heavy (non-hydrogen) atoms. The number of hydrazine groups is 1. The number of morpholine rings is 1. The van der Waals surface area contributed by atoms with Crippen LogP contribution in [0.1, 0.15) is 12.8 Å². The van der Waals surface area contributed by atoms with Gasteiger partial charge in [-0.3, -0.25) is 10.2 Å². The zero-order valence-corrected chi connectivity index (χ0v) is 10.3. The maximum absolute atomic E-state index is 11.6. The Kier molecular flexibility index (Phi) is 6.03. The largest absolute Gasteiger partial charge is 0.481 e. The first-order valence-electron chi connectivity index (χ1n) is 5.83. The van der Waals surface area contributed by atoms with Crippen molar-refractivity contribution < 1.29 is 29.3 Å². The molecule has 1 aliphatic rings. The summed E-state index contributed by atoms with van der Waals surface area (Å²) in [5, 5.41) is 21.2. The summed E-state index contributed by atoms with van der Waals surface area (Å²) in [7, 11) is 0. The van der Waals surface area contributed by atoms with Crippen LogP contribution in [-0.2, 0) is 14.3 Å². The quantitative estimate of drug-likeness (QED) is 0.482. The van der Waals surface area contributed by atoms with Gasteiger partial charge in [0.15, 0.2) is 0 Å². The lowest BCUT2D eigenvalue weighted by Gasteiger charge is -2.27. The monoisotopic (exact) mass is 275 g/mol. The van der Waals surface area contributed by atoms with E-state index in [4.69, 9.17) is 14.9 Å². The number of carbonyl (C=O) groups is 3. The average molecular weight is 275 g/mol. The van der Waals surface area contributed by atoms with E-state index < -0.39 is 24.0 Å². The van der Waals surface area contributed by atoms with Gasteiger partial charge in [-0.05, 0) is 6.42 Å². The molecule has 0 aromatic carbocycles. The Balaban J connectivity index is 2.37. The molecule has 9 nitrogen and oxygen atoms in total. The van der Waals surface area contributed by atoms with Gasteiger partial charge in [0.05, 0.1) is 13.2 Å². The highest BCUT2D eigenvalue weighted by Gasteiger charge is 2.22. The highest BCUT2D eigenvalue weighted by atomic mass is 16.5. The highest BCUT2D eigenvalue weighted by molar-refractivity contribution is 5.82. The van der Waals surface area contributed by atoms with Crippen LogP contribution >= 0.6 is 0 Å². The van der Waals surface area contributed by atoms with E-state index in [1.165, 1.54) is 0 Å². The highest BCUT2D eigenvalue weighted by Crippen LogP contribution is 1.98. The number of ether oxygens (including phenoxy) is 1. The first-order chi connectivity index (χ1) is 8.99. The molecule has 0 aromatic heterocycles. The summed E-state index contributed by atoms with van der Waals surface area (Å²) < 4.78 is 5.09. The number of aliphatic carboxylic acids is 2. The summed E-state index contributed by atoms with van der Waals surface area (Å²) in [6.07, 6.45) is -0.490. The summed E-state index contributed by atoms with van der Waals surface area (Å²) in [5.74, 6) is -2.37. The van der Waals surface area contributed by atoms with Crippen molar-refractivity contribution in [2.45, 2.75) is 18.9 Å². The Bertz CT molecular complexity index is 342. The van der Waals surface area contributed by atoms with E-state index in [0.29, 0.717) is 26.3 Å². The maximum Gasteiger partial charge on any atom is 0.330 e. The minimum atomic E-state index is -1.27. The first-order valence-corrected chi connectivity index (χ1v) is 5.83. The van der Waals surface area contributed by atoms with Gasteiger partial charge in [0.25, 0.3) is 0 Å². The number of carboxylic acid groups (broad SMARTS) is 2. The van der Waals surface area contributed by atoms with Gasteiger partial charge < -0.3 is 20.3 Å². The van der Waals surface area contributed by atoms with Crippen molar-refractivity contribution >= 4 is 18.0 Å². The molecule has 1 atom stereocenters. The van der Waals surface area contributed by atoms with Gasteiger partial charge in [0.2, 0.25) is 0 Å². The lowest BCUT2D eigenvalue weighted by Crippen LogP contribution is -2.54. The van der Waals surface area contributed by atoms with Crippen molar-refractivity contribution in [3.05, 3.63) is 0 Å². The Labute approximate surface area is 109 Å². The average Bonchev–Trinajstić information content (AvgIpc) is 2.35. The standard InChI is InChI=1S/C10H17N3O6/c14-8(15)2-1-7(9(16)17)11-10(18)12-13-3-5-19-6-4-13/h7H,1-6H2,(H,14,15)(H,16,17)(H2,11,12,18). The van der Waals surface area contributed by atoms with E-state index in [1.807, 2.05) is 0 Å². The van der Waals surface area contributed by atoms with Crippen LogP contribution in [0, 0.1) is 0 Å². The van der Waals surface area contributed by atoms with E-state index in [1.54, 1.807) is 5.01 Å². The summed E-state index contributed by atoms with van der Waals surface area (Å²) >= 11 is 0. The van der Waals surface area contributed by atoms with Gasteiger partial charge in [-0.15, -0.1) is 0 Å². The lowest BCUT2D eigenvalue weighted by atomic mass is 10.1. The number of amides is 2. The first kappa shape index (κ1) is 15.2. The van der Waals surface area contributed by atoms with Crippen LogP contribution in [0.2, 0.25) is 0 Å². The van der Waals surface area contributed by atoms with E-state index in [9.17, 15) is 14.4 Å². The van der Waals surface area contributed by atoms with Crippen LogP contribution in [0.15, 0.2) is 0 Å². The van der Waals surface area contributed by atoms with Crippen LogP contribution in [0.5, 0.6) is 0 Å². The van der Waals surface area contributed by atoms with Crippen LogP contribution < -0.4 is 10.7 Å². The number of hydrogen-bond donors (Lipinski definition) is 4. The molecule has 1 heterocycles. The molecule has 108 valence electrons. The number of hydrogen-bond acceptors (Lipinski definition) is 5. The van der Waals surface area contributed by atoms with Crippen molar-refractivity contribution in [2.75, 3.05) is 26.3 Å². The summed E-state index contributed by atoms with van der Waals surface area (Å²) in [5.41, 5.74) is 2.48. The summed E-state index contributed by atoms with van der Waals surface area (Å²) in [6, 6.07) is -1.89. The number of carboxylic acids is 2. The van der Waals surface area contributed by atoms with Crippen molar-refractivity contribution in [1.82, 2.24) is 15.8 Å². The Hall–Kier alpha value is -1.87. The molecule has 1 aliphatic heterocycles. The van der Waals surface area contributed by atoms with Gasteiger partial charge in [-0.2, -0.15) is 0 Å². The maximum atomic E-state index is 11.6. The van der Waals surface area contributed by atoms with Crippen LogP contribution in [0.3, 0.4) is 0 Å². The van der Waals surface area contributed by atoms with Crippen LogP contribution in [-0.4, -0.2) is 65.5 Å². The Morgan fingerprint density at radius 3 is 2.37 bits per heavy atom. The molecule has 1 unspecified atom stereocenters. The van der Waals surface area contributed by atoms with Crippen molar-refractivity contribution in [3.8, 4) is 0 Å². The molecule has 0 aliphatic carbocycles. The second-order valence-corrected chi connectivity index (χ2v) is 4.01. The molecule has 0 spiro atoms. The zero-order chi connectivity index (χ0) is 14.3. The van der Waals surface area contributed by atoms with Gasteiger partial charge in [-0.1, -0.05) is 0 Å². The Morgan fingerprint density at radius 1 is 1.21 bits per heavy atom. The fraction of sp³-hybridized carbons (Fsp3) is 0.700. The second-order valence-electron chi connectivity index (χ2n) is 4.01. The van der Waals surface area contributed by atoms with Crippen molar-refractivity contribution in [2.24, 2.45) is 0 Å². The fourth-order valence-corrected chi connectivity index (χ4v) is 1.53. The third-order valence-corrected chi connectivity index (χ3v) is 2.52. The topological polar surface area (TPSA) is 128 Å². The van der Waals surface area contributed by atoms with E-state index in [2.05, 4.69) is 10.7 Å². The SMILES string of the molecule is O=C(O)CCC(NC(=O)NN1CCOCC1)C(=O)O. The molecule has 1 rings (SSSR count). The van der Waals surface area contributed by atoms with E-state index >= 15 is 0 Å². The zero-order valence-electron chi connectivity index (χ0n) is 10.3. The number of urea groups is 1. The number of carbonyl (C=O) groups excluding carboxylic acids is 1. The molecule has 2 amide bonds. The molecule has 0 radical (unpaired) electrons. The molecule has 1 saturated heterocycles. The van der Waals surface area contributed by atoms with E-state index in [-0.39, 0.29) is 12.8 Å². The number of rotatable bonds is 6. The molecular weight excluding hydrogens is 258 g/mol. The molecule has 0 bridgehead atoms. The lowest BCUT2D eigenvalue weighted by molar-refractivity contribution is -0.140. The third kappa shape index (κ3) is 6.02. The minimum Gasteiger partial charge on any atom is -0.481 e.